The van der Waals surface area contributed by atoms with Crippen LogP contribution in [0, 0.1) is 0 Å². The molecule has 7 heteroatoms. The van der Waals surface area contributed by atoms with E-state index in [1.54, 1.807) is 7.11 Å². The molecule has 4 aromatic rings. The van der Waals surface area contributed by atoms with Crippen LogP contribution in [-0.2, 0) is 17.8 Å². The highest BCUT2D eigenvalue weighted by Gasteiger charge is 2.16. The fraction of sp³-hybridized carbons (Fsp3) is 0.231. The van der Waals surface area contributed by atoms with Crippen molar-refractivity contribution in [1.82, 2.24) is 14.8 Å². The maximum Gasteiger partial charge on any atom is 0.195 e. The molecular formula is C26H27N3O3S. The van der Waals surface area contributed by atoms with Gasteiger partial charge in [0.05, 0.1) is 26.4 Å². The van der Waals surface area contributed by atoms with Gasteiger partial charge in [0.25, 0.3) is 0 Å². The molecule has 170 valence electrons. The highest BCUT2D eigenvalue weighted by Crippen LogP contribution is 2.24. The van der Waals surface area contributed by atoms with Gasteiger partial charge in [-0.05, 0) is 35.4 Å². The number of ether oxygens (including phenoxy) is 2. The lowest BCUT2D eigenvalue weighted by molar-refractivity contribution is 0.0397. The Morgan fingerprint density at radius 1 is 0.879 bits per heavy atom. The van der Waals surface area contributed by atoms with Crippen molar-refractivity contribution in [3.8, 4) is 11.4 Å². The second-order valence-electron chi connectivity index (χ2n) is 7.56. The Morgan fingerprint density at radius 3 is 2.27 bits per heavy atom. The van der Waals surface area contributed by atoms with Crippen LogP contribution in [0.3, 0.4) is 0 Å². The third-order valence-corrected chi connectivity index (χ3v) is 6.14. The molecule has 1 unspecified atom stereocenters. The molecule has 0 radical (unpaired) electrons. The lowest BCUT2D eigenvalue weighted by atomic mass is 10.1. The number of nitrogens with zero attached hydrogens (tertiary/aromatic N) is 3. The maximum absolute atomic E-state index is 10.5. The molecule has 0 aliphatic carbocycles. The van der Waals surface area contributed by atoms with Crippen molar-refractivity contribution >= 4 is 11.8 Å². The molecule has 6 nitrogen and oxygen atoms in total. The van der Waals surface area contributed by atoms with Gasteiger partial charge in [0.15, 0.2) is 5.16 Å². The van der Waals surface area contributed by atoms with Crippen molar-refractivity contribution in [2.24, 2.45) is 0 Å². The maximum atomic E-state index is 10.5. The lowest BCUT2D eigenvalue weighted by Crippen LogP contribution is -2.18. The summed E-state index contributed by atoms with van der Waals surface area (Å²) in [6.45, 7) is 0.683. The average molecular weight is 462 g/mol. The highest BCUT2D eigenvalue weighted by molar-refractivity contribution is 7.99. The molecule has 0 saturated carbocycles. The number of hydrogen-bond donors (Lipinski definition) is 1. The summed E-state index contributed by atoms with van der Waals surface area (Å²) in [6, 6.07) is 28.0. The van der Waals surface area contributed by atoms with Gasteiger partial charge in [-0.1, -0.05) is 72.4 Å². The van der Waals surface area contributed by atoms with E-state index in [0.29, 0.717) is 18.8 Å². The summed E-state index contributed by atoms with van der Waals surface area (Å²) >= 11 is 1.48. The molecule has 0 bridgehead atoms. The smallest absolute Gasteiger partial charge is 0.195 e. The molecule has 1 heterocycles. The first-order chi connectivity index (χ1) is 16.2. The summed E-state index contributed by atoms with van der Waals surface area (Å²) in [7, 11) is 1.64. The van der Waals surface area contributed by atoms with Crippen molar-refractivity contribution in [1.29, 1.82) is 0 Å². The Morgan fingerprint density at radius 2 is 1.58 bits per heavy atom. The van der Waals surface area contributed by atoms with Gasteiger partial charge in [0, 0.05) is 17.9 Å². The van der Waals surface area contributed by atoms with Gasteiger partial charge in [-0.2, -0.15) is 0 Å². The van der Waals surface area contributed by atoms with E-state index in [4.69, 9.17) is 9.47 Å². The van der Waals surface area contributed by atoms with Crippen molar-refractivity contribution < 1.29 is 14.6 Å². The normalized spacial score (nSPS) is 11.9. The van der Waals surface area contributed by atoms with Gasteiger partial charge in [0.1, 0.15) is 11.6 Å². The highest BCUT2D eigenvalue weighted by atomic mass is 32.2. The summed E-state index contributed by atoms with van der Waals surface area (Å²) in [5.74, 6) is 2.13. The standard InChI is InChI=1S/C26H27N3O3S/c1-31-24-14-12-21(13-15-24)17-32-18-23(30)19-33-26-28-27-25(16-20-8-4-2-5-9-20)29(26)22-10-6-3-7-11-22/h2-15,23,30H,16-19H2,1H3. The number of aliphatic hydroxyl groups excluding tert-OH is 1. The van der Waals surface area contributed by atoms with E-state index in [1.165, 1.54) is 17.3 Å². The van der Waals surface area contributed by atoms with E-state index < -0.39 is 6.10 Å². The van der Waals surface area contributed by atoms with E-state index in [0.717, 1.165) is 28.0 Å². The molecule has 33 heavy (non-hydrogen) atoms. The first kappa shape index (κ1) is 23.0. The SMILES string of the molecule is COc1ccc(COCC(O)CSc2nnc(Cc3ccccc3)n2-c2ccccc2)cc1. The monoisotopic (exact) mass is 461 g/mol. The van der Waals surface area contributed by atoms with Crippen LogP contribution in [0.2, 0.25) is 0 Å². The van der Waals surface area contributed by atoms with Crippen LogP contribution in [0.25, 0.3) is 5.69 Å². The van der Waals surface area contributed by atoms with Crippen LogP contribution in [0.4, 0.5) is 0 Å². The van der Waals surface area contributed by atoms with Gasteiger partial charge in [0.2, 0.25) is 0 Å². The average Bonchev–Trinajstić information content (AvgIpc) is 3.26. The number of methoxy groups -OCH3 is 1. The number of rotatable bonds is 11. The Balaban J connectivity index is 1.37. The third kappa shape index (κ3) is 6.44. The summed E-state index contributed by atoms with van der Waals surface area (Å²) in [5.41, 5.74) is 3.21. The second-order valence-corrected chi connectivity index (χ2v) is 8.55. The Kier molecular flexibility index (Phi) is 8.14. The first-order valence-electron chi connectivity index (χ1n) is 10.8. The minimum absolute atomic E-state index is 0.245. The minimum atomic E-state index is -0.619. The molecule has 0 aliphatic rings. The molecule has 3 aromatic carbocycles. The topological polar surface area (TPSA) is 69.4 Å². The summed E-state index contributed by atoms with van der Waals surface area (Å²) in [4.78, 5) is 0. The molecule has 0 amide bonds. The van der Waals surface area contributed by atoms with Crippen LogP contribution in [0.1, 0.15) is 17.0 Å². The van der Waals surface area contributed by atoms with Crippen molar-refractivity contribution in [2.45, 2.75) is 24.3 Å². The molecular weight excluding hydrogens is 434 g/mol. The number of aliphatic hydroxyl groups is 1. The fourth-order valence-electron chi connectivity index (χ4n) is 3.38. The van der Waals surface area contributed by atoms with E-state index in [1.807, 2.05) is 72.8 Å². The minimum Gasteiger partial charge on any atom is -0.497 e. The summed E-state index contributed by atoms with van der Waals surface area (Å²) in [5, 5.41) is 20.1. The van der Waals surface area contributed by atoms with E-state index in [2.05, 4.69) is 26.9 Å². The zero-order valence-corrected chi connectivity index (χ0v) is 19.3. The molecule has 1 atom stereocenters. The van der Waals surface area contributed by atoms with E-state index in [-0.39, 0.29) is 6.61 Å². The van der Waals surface area contributed by atoms with E-state index >= 15 is 0 Å². The van der Waals surface area contributed by atoms with Crippen LogP contribution >= 0.6 is 11.8 Å². The zero-order valence-electron chi connectivity index (χ0n) is 18.5. The third-order valence-electron chi connectivity index (χ3n) is 5.06. The van der Waals surface area contributed by atoms with Crippen molar-refractivity contribution in [3.63, 3.8) is 0 Å². The van der Waals surface area contributed by atoms with Crippen molar-refractivity contribution in [3.05, 3.63) is 102 Å². The Hall–Kier alpha value is -3.13. The summed E-state index contributed by atoms with van der Waals surface area (Å²) < 4.78 is 12.9. The first-order valence-corrected chi connectivity index (χ1v) is 11.8. The summed E-state index contributed by atoms with van der Waals surface area (Å²) in [6.07, 6.45) is 0.0586. The van der Waals surface area contributed by atoms with Gasteiger partial charge >= 0.3 is 0 Å². The molecule has 4 rings (SSSR count). The molecule has 0 saturated heterocycles. The van der Waals surface area contributed by atoms with Crippen molar-refractivity contribution in [2.75, 3.05) is 19.5 Å². The van der Waals surface area contributed by atoms with Gasteiger partial charge < -0.3 is 14.6 Å². The molecule has 0 aliphatic heterocycles. The number of aromatic nitrogens is 3. The van der Waals surface area contributed by atoms with Crippen LogP contribution in [0.5, 0.6) is 5.75 Å². The van der Waals surface area contributed by atoms with Crippen LogP contribution < -0.4 is 4.74 Å². The number of para-hydroxylation sites is 1. The Bertz CT molecular complexity index is 1120. The van der Waals surface area contributed by atoms with Gasteiger partial charge in [-0.15, -0.1) is 10.2 Å². The Labute approximate surface area is 198 Å². The number of thioether (sulfide) groups is 1. The number of hydrogen-bond acceptors (Lipinski definition) is 6. The second kappa shape index (κ2) is 11.7. The molecule has 1 aromatic heterocycles. The zero-order chi connectivity index (χ0) is 22.9. The van der Waals surface area contributed by atoms with E-state index in [9.17, 15) is 5.11 Å². The predicted molar refractivity (Wildman–Crippen MR) is 130 cm³/mol. The lowest BCUT2D eigenvalue weighted by Gasteiger charge is -2.13. The molecule has 1 N–H and O–H groups in total. The fourth-order valence-corrected chi connectivity index (χ4v) is 4.25. The van der Waals surface area contributed by atoms with Gasteiger partial charge in [-0.25, -0.2) is 0 Å². The predicted octanol–water partition coefficient (Wildman–Crippen LogP) is 4.54. The molecule has 0 spiro atoms. The largest absolute Gasteiger partial charge is 0.497 e. The van der Waals surface area contributed by atoms with Gasteiger partial charge in [-0.3, -0.25) is 4.57 Å². The molecule has 0 fully saturated rings. The quantitative estimate of drug-likeness (QED) is 0.331. The van der Waals surface area contributed by atoms with Crippen LogP contribution in [-0.4, -0.2) is 45.4 Å². The van der Waals surface area contributed by atoms with Crippen LogP contribution in [0.15, 0.2) is 90.1 Å². The number of benzene rings is 3.